The van der Waals surface area contributed by atoms with E-state index in [1.807, 2.05) is 0 Å². The molecule has 1 aromatic carbocycles. The molecule has 1 aromatic heterocycles. The van der Waals surface area contributed by atoms with Crippen LogP contribution in [0.1, 0.15) is 48.7 Å². The molecule has 1 amide bonds. The zero-order chi connectivity index (χ0) is 17.6. The predicted octanol–water partition coefficient (Wildman–Crippen LogP) is 4.67. The number of rotatable bonds is 7. The molecule has 0 aliphatic carbocycles. The molecule has 0 atom stereocenters. The van der Waals surface area contributed by atoms with Gasteiger partial charge in [0.15, 0.2) is 5.69 Å². The predicted molar refractivity (Wildman–Crippen MR) is 83.4 cm³/mol. The van der Waals surface area contributed by atoms with E-state index in [-0.39, 0.29) is 17.5 Å². The Bertz CT molecular complexity index is 663. The van der Waals surface area contributed by atoms with E-state index in [0.29, 0.717) is 12.1 Å². The van der Waals surface area contributed by atoms with E-state index in [9.17, 15) is 18.0 Å². The first-order valence-electron chi connectivity index (χ1n) is 7.83. The van der Waals surface area contributed by atoms with Crippen molar-refractivity contribution in [2.75, 3.05) is 6.54 Å². The zero-order valence-electron chi connectivity index (χ0n) is 13.3. The maximum atomic E-state index is 12.5. The summed E-state index contributed by atoms with van der Waals surface area (Å²) in [4.78, 5) is 16.0. The standard InChI is InChI=1S/C17H19F3N2O2/c1-2-3-4-5-10-21-15(23)14-11-24-16(22-14)12-6-8-13(9-7-12)17(18,19)20/h6-9,11H,2-5,10H2,1H3,(H,21,23). The number of hydrogen-bond donors (Lipinski definition) is 1. The minimum absolute atomic E-state index is 0.111. The van der Waals surface area contributed by atoms with E-state index < -0.39 is 11.7 Å². The highest BCUT2D eigenvalue weighted by Gasteiger charge is 2.30. The van der Waals surface area contributed by atoms with Crippen LogP contribution in [-0.4, -0.2) is 17.4 Å². The molecule has 0 aliphatic rings. The topological polar surface area (TPSA) is 55.1 Å². The van der Waals surface area contributed by atoms with Gasteiger partial charge in [-0.3, -0.25) is 4.79 Å². The molecule has 24 heavy (non-hydrogen) atoms. The lowest BCUT2D eigenvalue weighted by molar-refractivity contribution is -0.137. The Morgan fingerprint density at radius 2 is 1.88 bits per heavy atom. The van der Waals surface area contributed by atoms with Crippen LogP contribution in [0.25, 0.3) is 11.5 Å². The number of benzene rings is 1. The largest absolute Gasteiger partial charge is 0.444 e. The maximum absolute atomic E-state index is 12.5. The average molecular weight is 340 g/mol. The van der Waals surface area contributed by atoms with Crippen LogP contribution in [0.4, 0.5) is 13.2 Å². The molecule has 130 valence electrons. The molecule has 0 unspecified atom stereocenters. The summed E-state index contributed by atoms with van der Waals surface area (Å²) in [6.07, 6.45) is 0.994. The van der Waals surface area contributed by atoms with Crippen LogP contribution in [0.5, 0.6) is 0 Å². The molecule has 2 rings (SSSR count). The summed E-state index contributed by atoms with van der Waals surface area (Å²) < 4.78 is 42.8. The normalized spacial score (nSPS) is 11.5. The quantitative estimate of drug-likeness (QED) is 0.745. The van der Waals surface area contributed by atoms with E-state index in [0.717, 1.165) is 37.8 Å². The van der Waals surface area contributed by atoms with Crippen molar-refractivity contribution in [1.29, 1.82) is 0 Å². The van der Waals surface area contributed by atoms with E-state index >= 15 is 0 Å². The van der Waals surface area contributed by atoms with Gasteiger partial charge in [-0.15, -0.1) is 0 Å². The van der Waals surface area contributed by atoms with Gasteiger partial charge in [-0.2, -0.15) is 13.2 Å². The molecular formula is C17H19F3N2O2. The summed E-state index contributed by atoms with van der Waals surface area (Å²) in [6, 6.07) is 4.43. The SMILES string of the molecule is CCCCCCNC(=O)c1coc(-c2ccc(C(F)(F)F)cc2)n1. The number of unbranched alkanes of at least 4 members (excludes halogenated alkanes) is 3. The third-order valence-electron chi connectivity index (χ3n) is 3.51. The summed E-state index contributed by atoms with van der Waals surface area (Å²) in [6.45, 7) is 2.66. The number of aromatic nitrogens is 1. The Hall–Kier alpha value is -2.31. The molecule has 0 aliphatic heterocycles. The van der Waals surface area contributed by atoms with Gasteiger partial charge in [0.1, 0.15) is 6.26 Å². The van der Waals surface area contributed by atoms with Gasteiger partial charge < -0.3 is 9.73 Å². The fourth-order valence-electron chi connectivity index (χ4n) is 2.16. The Morgan fingerprint density at radius 3 is 2.50 bits per heavy atom. The van der Waals surface area contributed by atoms with Crippen molar-refractivity contribution in [3.05, 3.63) is 41.8 Å². The van der Waals surface area contributed by atoms with Crippen LogP contribution in [-0.2, 0) is 6.18 Å². The first-order valence-corrected chi connectivity index (χ1v) is 7.83. The number of nitrogens with one attached hydrogen (secondary N) is 1. The third kappa shape index (κ3) is 4.84. The average Bonchev–Trinajstić information content (AvgIpc) is 3.04. The zero-order valence-corrected chi connectivity index (χ0v) is 13.3. The summed E-state index contributed by atoms with van der Waals surface area (Å²) >= 11 is 0. The minimum atomic E-state index is -4.39. The Kier molecular flexibility index (Phi) is 6.00. The van der Waals surface area contributed by atoms with Crippen molar-refractivity contribution in [1.82, 2.24) is 10.3 Å². The summed E-state index contributed by atoms with van der Waals surface area (Å²) in [5, 5.41) is 2.74. The van der Waals surface area contributed by atoms with Gasteiger partial charge in [-0.1, -0.05) is 26.2 Å². The lowest BCUT2D eigenvalue weighted by Crippen LogP contribution is -2.24. The number of amides is 1. The molecule has 0 radical (unpaired) electrons. The fraction of sp³-hybridized carbons (Fsp3) is 0.412. The first kappa shape index (κ1) is 18.0. The van der Waals surface area contributed by atoms with Crippen molar-refractivity contribution >= 4 is 5.91 Å². The van der Waals surface area contributed by atoms with Crippen LogP contribution in [0.15, 0.2) is 34.9 Å². The second-order valence-corrected chi connectivity index (χ2v) is 5.43. The summed E-state index contributed by atoms with van der Waals surface area (Å²) in [7, 11) is 0. The molecule has 0 spiro atoms. The highest BCUT2D eigenvalue weighted by atomic mass is 19.4. The number of halogens is 3. The van der Waals surface area contributed by atoms with Crippen LogP contribution in [0, 0.1) is 0 Å². The number of carbonyl (C=O) groups is 1. The summed E-state index contributed by atoms with van der Waals surface area (Å²) in [5.41, 5.74) is -0.256. The number of alkyl halides is 3. The van der Waals surface area contributed by atoms with Gasteiger partial charge in [0.2, 0.25) is 5.89 Å². The molecule has 4 nitrogen and oxygen atoms in total. The third-order valence-corrected chi connectivity index (χ3v) is 3.51. The molecule has 0 saturated heterocycles. The number of nitrogens with zero attached hydrogens (tertiary/aromatic N) is 1. The first-order chi connectivity index (χ1) is 11.4. The lowest BCUT2D eigenvalue weighted by atomic mass is 10.1. The Labute approximate surface area is 138 Å². The fourth-order valence-corrected chi connectivity index (χ4v) is 2.16. The second kappa shape index (κ2) is 7.99. The summed E-state index contributed by atoms with van der Waals surface area (Å²) in [5.74, 6) is -0.242. The lowest BCUT2D eigenvalue weighted by Gasteiger charge is -2.06. The van der Waals surface area contributed by atoms with E-state index in [1.54, 1.807) is 0 Å². The van der Waals surface area contributed by atoms with E-state index in [1.165, 1.54) is 18.4 Å². The Morgan fingerprint density at radius 1 is 1.17 bits per heavy atom. The van der Waals surface area contributed by atoms with Crippen LogP contribution in [0.2, 0.25) is 0 Å². The molecular weight excluding hydrogens is 321 g/mol. The molecule has 2 aromatic rings. The number of carbonyl (C=O) groups excluding carboxylic acids is 1. The second-order valence-electron chi connectivity index (χ2n) is 5.43. The van der Waals surface area contributed by atoms with E-state index in [4.69, 9.17) is 4.42 Å². The van der Waals surface area contributed by atoms with Crippen LogP contribution in [0.3, 0.4) is 0 Å². The van der Waals surface area contributed by atoms with Gasteiger partial charge in [0.05, 0.1) is 5.56 Å². The number of hydrogen-bond acceptors (Lipinski definition) is 3. The van der Waals surface area contributed by atoms with Crippen LogP contribution < -0.4 is 5.32 Å². The van der Waals surface area contributed by atoms with Gasteiger partial charge in [-0.25, -0.2) is 4.98 Å². The van der Waals surface area contributed by atoms with Crippen molar-refractivity contribution in [3.8, 4) is 11.5 Å². The maximum Gasteiger partial charge on any atom is 0.416 e. The molecule has 0 saturated carbocycles. The smallest absolute Gasteiger partial charge is 0.416 e. The van der Waals surface area contributed by atoms with E-state index in [2.05, 4.69) is 17.2 Å². The van der Waals surface area contributed by atoms with Gasteiger partial charge >= 0.3 is 6.18 Å². The van der Waals surface area contributed by atoms with Gasteiger partial charge in [0.25, 0.3) is 5.91 Å². The minimum Gasteiger partial charge on any atom is -0.444 e. The highest BCUT2D eigenvalue weighted by molar-refractivity contribution is 5.92. The van der Waals surface area contributed by atoms with Crippen molar-refractivity contribution < 1.29 is 22.4 Å². The highest BCUT2D eigenvalue weighted by Crippen LogP contribution is 2.30. The van der Waals surface area contributed by atoms with Gasteiger partial charge in [-0.05, 0) is 30.7 Å². The van der Waals surface area contributed by atoms with Gasteiger partial charge in [0, 0.05) is 12.1 Å². The molecule has 7 heteroatoms. The molecule has 0 fully saturated rings. The van der Waals surface area contributed by atoms with Crippen LogP contribution >= 0.6 is 0 Å². The molecule has 1 N–H and O–H groups in total. The number of oxazole rings is 1. The van der Waals surface area contributed by atoms with Crippen molar-refractivity contribution in [2.24, 2.45) is 0 Å². The Balaban J connectivity index is 1.96. The molecule has 0 bridgehead atoms. The molecule has 1 heterocycles. The monoisotopic (exact) mass is 340 g/mol. The van der Waals surface area contributed by atoms with Crippen molar-refractivity contribution in [2.45, 2.75) is 38.8 Å². The van der Waals surface area contributed by atoms with Crippen molar-refractivity contribution in [3.63, 3.8) is 0 Å².